The van der Waals surface area contributed by atoms with Gasteiger partial charge in [0.05, 0.1) is 24.9 Å². The fourth-order valence-electron chi connectivity index (χ4n) is 2.24. The molecule has 0 aliphatic heterocycles. The van der Waals surface area contributed by atoms with Gasteiger partial charge in [0.2, 0.25) is 5.82 Å². The first-order valence-electron chi connectivity index (χ1n) is 8.06. The predicted molar refractivity (Wildman–Crippen MR) is 86.6 cm³/mol. The molecule has 0 N–H and O–H groups in total. The minimum absolute atomic E-state index is 0.145. The van der Waals surface area contributed by atoms with Crippen molar-refractivity contribution in [2.45, 2.75) is 26.1 Å². The zero-order valence-electron chi connectivity index (χ0n) is 14.2. The van der Waals surface area contributed by atoms with Gasteiger partial charge in [0.15, 0.2) is 0 Å². The summed E-state index contributed by atoms with van der Waals surface area (Å²) in [5, 5.41) is 7.44. The number of alkyl halides is 3. The van der Waals surface area contributed by atoms with Crippen LogP contribution < -0.4 is 0 Å². The highest BCUT2D eigenvalue weighted by atomic mass is 19.4. The van der Waals surface area contributed by atoms with Crippen molar-refractivity contribution in [2.75, 3.05) is 6.61 Å². The summed E-state index contributed by atoms with van der Waals surface area (Å²) in [7, 11) is 0. The second-order valence-electron chi connectivity index (χ2n) is 5.68. The Morgan fingerprint density at radius 3 is 2.63 bits per heavy atom. The van der Waals surface area contributed by atoms with E-state index in [9.17, 15) is 18.0 Å². The van der Waals surface area contributed by atoms with Crippen molar-refractivity contribution in [2.24, 2.45) is 0 Å². The number of hydrogen-bond donors (Lipinski definition) is 0. The molecule has 3 rings (SSSR count). The SMILES string of the molecule is CCCOC(=O)c1cnn(Cc2ccc(-c3noc(C(F)(F)F)n3)cc2)c1. The Balaban J connectivity index is 1.67. The van der Waals surface area contributed by atoms with E-state index >= 15 is 0 Å². The lowest BCUT2D eigenvalue weighted by Gasteiger charge is -2.03. The van der Waals surface area contributed by atoms with Gasteiger partial charge in [-0.25, -0.2) is 4.79 Å². The molecule has 1 aromatic carbocycles. The highest BCUT2D eigenvalue weighted by Crippen LogP contribution is 2.29. The van der Waals surface area contributed by atoms with Crippen molar-refractivity contribution < 1.29 is 27.2 Å². The van der Waals surface area contributed by atoms with Crippen LogP contribution in [0.2, 0.25) is 0 Å². The molecule has 142 valence electrons. The summed E-state index contributed by atoms with van der Waals surface area (Å²) in [6, 6.07) is 6.58. The molecule has 0 saturated carbocycles. The second-order valence-corrected chi connectivity index (χ2v) is 5.68. The van der Waals surface area contributed by atoms with Crippen LogP contribution in [0.4, 0.5) is 13.2 Å². The summed E-state index contributed by atoms with van der Waals surface area (Å²) in [5.41, 5.74) is 1.57. The number of carbonyl (C=O) groups excluding carboxylic acids is 1. The normalized spacial score (nSPS) is 11.6. The van der Waals surface area contributed by atoms with Crippen LogP contribution in [0.15, 0.2) is 41.2 Å². The molecule has 0 aliphatic rings. The van der Waals surface area contributed by atoms with Gasteiger partial charge >= 0.3 is 18.0 Å². The number of ether oxygens (including phenoxy) is 1. The van der Waals surface area contributed by atoms with Crippen molar-refractivity contribution in [3.05, 3.63) is 53.7 Å². The van der Waals surface area contributed by atoms with Crippen molar-refractivity contribution in [1.82, 2.24) is 19.9 Å². The van der Waals surface area contributed by atoms with Gasteiger partial charge in [-0.3, -0.25) is 4.68 Å². The largest absolute Gasteiger partial charge is 0.471 e. The van der Waals surface area contributed by atoms with E-state index in [-0.39, 0.29) is 5.82 Å². The zero-order valence-corrected chi connectivity index (χ0v) is 14.2. The highest BCUT2D eigenvalue weighted by molar-refractivity contribution is 5.88. The Hall–Kier alpha value is -3.17. The number of carbonyl (C=O) groups is 1. The van der Waals surface area contributed by atoms with Crippen LogP contribution in [0.3, 0.4) is 0 Å². The lowest BCUT2D eigenvalue weighted by Crippen LogP contribution is -2.05. The summed E-state index contributed by atoms with van der Waals surface area (Å²) in [6.45, 7) is 2.62. The Kier molecular flexibility index (Phi) is 5.24. The van der Waals surface area contributed by atoms with Crippen LogP contribution in [-0.4, -0.2) is 32.5 Å². The van der Waals surface area contributed by atoms with Crippen molar-refractivity contribution in [1.29, 1.82) is 0 Å². The van der Waals surface area contributed by atoms with Gasteiger partial charge in [-0.15, -0.1) is 0 Å². The van der Waals surface area contributed by atoms with Crippen LogP contribution in [-0.2, 0) is 17.5 Å². The number of rotatable bonds is 6. The fourth-order valence-corrected chi connectivity index (χ4v) is 2.24. The molecular weight excluding hydrogens is 365 g/mol. The topological polar surface area (TPSA) is 83.0 Å². The minimum atomic E-state index is -4.68. The fraction of sp³-hybridized carbons (Fsp3) is 0.294. The van der Waals surface area contributed by atoms with Crippen molar-refractivity contribution in [3.63, 3.8) is 0 Å². The lowest BCUT2D eigenvalue weighted by atomic mass is 10.1. The summed E-state index contributed by atoms with van der Waals surface area (Å²) in [4.78, 5) is 15.1. The predicted octanol–water partition coefficient (Wildman–Crippen LogP) is 3.57. The molecule has 2 heterocycles. The molecule has 0 saturated heterocycles. The summed E-state index contributed by atoms with van der Waals surface area (Å²) < 4.78 is 48.4. The molecule has 0 amide bonds. The molecule has 7 nitrogen and oxygen atoms in total. The van der Waals surface area contributed by atoms with Gasteiger partial charge in [-0.05, 0) is 12.0 Å². The van der Waals surface area contributed by atoms with Gasteiger partial charge in [0.25, 0.3) is 0 Å². The molecule has 0 atom stereocenters. The lowest BCUT2D eigenvalue weighted by molar-refractivity contribution is -0.159. The van der Waals surface area contributed by atoms with E-state index in [1.165, 1.54) is 6.20 Å². The Bertz CT molecular complexity index is 916. The smallest absolute Gasteiger partial charge is 0.462 e. The Morgan fingerprint density at radius 2 is 2.00 bits per heavy atom. The molecule has 0 bridgehead atoms. The first kappa shape index (κ1) is 18.6. The molecule has 0 fully saturated rings. The van der Waals surface area contributed by atoms with Crippen LogP contribution in [0, 0.1) is 0 Å². The number of hydrogen-bond acceptors (Lipinski definition) is 6. The summed E-state index contributed by atoms with van der Waals surface area (Å²) in [6.07, 6.45) is -0.955. The second kappa shape index (κ2) is 7.60. The van der Waals surface area contributed by atoms with E-state index in [4.69, 9.17) is 4.74 Å². The van der Waals surface area contributed by atoms with E-state index in [0.717, 1.165) is 12.0 Å². The number of esters is 1. The van der Waals surface area contributed by atoms with E-state index in [2.05, 4.69) is 19.8 Å². The highest BCUT2D eigenvalue weighted by Gasteiger charge is 2.38. The molecule has 0 aliphatic carbocycles. The molecule has 0 unspecified atom stereocenters. The molecule has 0 radical (unpaired) electrons. The van der Waals surface area contributed by atoms with E-state index in [1.54, 1.807) is 35.1 Å². The maximum Gasteiger partial charge on any atom is 0.471 e. The first-order chi connectivity index (χ1) is 12.9. The Morgan fingerprint density at radius 1 is 1.26 bits per heavy atom. The van der Waals surface area contributed by atoms with Gasteiger partial charge < -0.3 is 9.26 Å². The van der Waals surface area contributed by atoms with Crippen LogP contribution in [0.5, 0.6) is 0 Å². The third kappa shape index (κ3) is 4.52. The molecule has 3 aromatic rings. The molecule has 27 heavy (non-hydrogen) atoms. The standard InChI is InChI=1S/C17H15F3N4O3/c1-2-7-26-15(25)13-8-21-24(10-13)9-11-3-5-12(6-4-11)14-22-16(27-23-14)17(18,19)20/h3-6,8,10H,2,7,9H2,1H3. The van der Waals surface area contributed by atoms with E-state index in [1.807, 2.05) is 6.92 Å². The summed E-state index contributed by atoms with van der Waals surface area (Å²) in [5.74, 6) is -1.97. The zero-order chi connectivity index (χ0) is 19.4. The Labute approximate surface area is 151 Å². The number of nitrogens with zero attached hydrogens (tertiary/aromatic N) is 4. The first-order valence-corrected chi connectivity index (χ1v) is 8.06. The van der Waals surface area contributed by atoms with Gasteiger partial charge in [0, 0.05) is 11.8 Å². The average Bonchev–Trinajstić information content (AvgIpc) is 3.30. The average molecular weight is 380 g/mol. The monoisotopic (exact) mass is 380 g/mol. The molecule has 0 spiro atoms. The third-order valence-corrected chi connectivity index (χ3v) is 3.53. The maximum absolute atomic E-state index is 12.5. The van der Waals surface area contributed by atoms with E-state index < -0.39 is 18.0 Å². The number of benzene rings is 1. The van der Waals surface area contributed by atoms with Crippen LogP contribution >= 0.6 is 0 Å². The van der Waals surface area contributed by atoms with Crippen molar-refractivity contribution >= 4 is 5.97 Å². The van der Waals surface area contributed by atoms with E-state index in [0.29, 0.717) is 24.3 Å². The number of aromatic nitrogens is 4. The molecule has 2 aromatic heterocycles. The molecular formula is C17H15F3N4O3. The van der Waals surface area contributed by atoms with Gasteiger partial charge in [-0.1, -0.05) is 36.3 Å². The van der Waals surface area contributed by atoms with Crippen molar-refractivity contribution in [3.8, 4) is 11.4 Å². The van der Waals surface area contributed by atoms with Gasteiger partial charge in [0.1, 0.15) is 0 Å². The van der Waals surface area contributed by atoms with Gasteiger partial charge in [-0.2, -0.15) is 23.3 Å². The maximum atomic E-state index is 12.5. The molecule has 10 heteroatoms. The minimum Gasteiger partial charge on any atom is -0.462 e. The quantitative estimate of drug-likeness (QED) is 0.608. The van der Waals surface area contributed by atoms with Crippen LogP contribution in [0.25, 0.3) is 11.4 Å². The van der Waals surface area contributed by atoms with Crippen LogP contribution in [0.1, 0.15) is 35.2 Å². The number of halogens is 3. The summed E-state index contributed by atoms with van der Waals surface area (Å²) >= 11 is 0. The third-order valence-electron chi connectivity index (χ3n) is 3.53.